The van der Waals surface area contributed by atoms with Gasteiger partial charge in [0.25, 0.3) is 5.91 Å². The molecular formula is C28H35N7O3. The van der Waals surface area contributed by atoms with Crippen molar-refractivity contribution < 1.29 is 14.3 Å². The number of carbonyl (C=O) groups excluding carboxylic acids is 2. The monoisotopic (exact) mass is 517 g/mol. The SMILES string of the molecule is C[C@H]1CCCN1Cc1nc2ccc(NC(=O)c3ccc4nn(CCNC(=O)OC(C)(C)C)cc4c3)cc2[nH]1. The predicted molar refractivity (Wildman–Crippen MR) is 147 cm³/mol. The Balaban J connectivity index is 1.21. The summed E-state index contributed by atoms with van der Waals surface area (Å²) in [6, 6.07) is 11.7. The van der Waals surface area contributed by atoms with E-state index in [1.807, 2.05) is 57.3 Å². The van der Waals surface area contributed by atoms with Gasteiger partial charge in [-0.05, 0) is 83.5 Å². The highest BCUT2D eigenvalue weighted by atomic mass is 16.6. The van der Waals surface area contributed by atoms with Crippen LogP contribution in [0.25, 0.3) is 21.9 Å². The molecular weight excluding hydrogens is 482 g/mol. The summed E-state index contributed by atoms with van der Waals surface area (Å²) in [4.78, 5) is 35.4. The molecule has 2 aromatic heterocycles. The second-order valence-corrected chi connectivity index (χ2v) is 10.9. The number of fused-ring (bicyclic) bond motifs is 2. The quantitative estimate of drug-likeness (QED) is 0.328. The van der Waals surface area contributed by atoms with Gasteiger partial charge in [0.1, 0.15) is 11.4 Å². The van der Waals surface area contributed by atoms with Gasteiger partial charge in [0.2, 0.25) is 0 Å². The van der Waals surface area contributed by atoms with Crippen molar-refractivity contribution in [3.05, 3.63) is 54.0 Å². The average molecular weight is 518 g/mol. The minimum Gasteiger partial charge on any atom is -0.444 e. The fourth-order valence-corrected chi connectivity index (χ4v) is 4.76. The number of anilines is 1. The predicted octanol–water partition coefficient (Wildman–Crippen LogP) is 4.67. The number of amides is 2. The minimum atomic E-state index is -0.541. The number of likely N-dealkylation sites (tertiary alicyclic amines) is 1. The number of aromatic nitrogens is 4. The smallest absolute Gasteiger partial charge is 0.407 e. The van der Waals surface area contributed by atoms with Crippen molar-refractivity contribution in [1.29, 1.82) is 0 Å². The van der Waals surface area contributed by atoms with Gasteiger partial charge < -0.3 is 20.4 Å². The molecule has 2 aromatic carbocycles. The molecule has 0 unspecified atom stereocenters. The Morgan fingerprint density at radius 2 is 1.97 bits per heavy atom. The average Bonchev–Trinajstić information content (AvgIpc) is 3.55. The van der Waals surface area contributed by atoms with Crippen LogP contribution in [0.15, 0.2) is 42.6 Å². The van der Waals surface area contributed by atoms with Crippen LogP contribution in [0.1, 0.15) is 56.7 Å². The molecule has 0 saturated carbocycles. The Bertz CT molecular complexity index is 1470. The second kappa shape index (κ2) is 10.4. The molecule has 0 spiro atoms. The summed E-state index contributed by atoms with van der Waals surface area (Å²) in [7, 11) is 0. The summed E-state index contributed by atoms with van der Waals surface area (Å²) in [6.45, 7) is 10.5. The first-order chi connectivity index (χ1) is 18.1. The maximum Gasteiger partial charge on any atom is 0.407 e. The Kier molecular flexibility index (Phi) is 7.07. The number of imidazole rings is 1. The van der Waals surface area contributed by atoms with Crippen LogP contribution in [0, 0.1) is 0 Å². The molecule has 1 saturated heterocycles. The van der Waals surface area contributed by atoms with Crippen molar-refractivity contribution in [3.8, 4) is 0 Å². The minimum absolute atomic E-state index is 0.198. The zero-order valence-corrected chi connectivity index (χ0v) is 22.4. The van der Waals surface area contributed by atoms with E-state index in [0.717, 1.165) is 40.9 Å². The van der Waals surface area contributed by atoms with Gasteiger partial charge in [-0.1, -0.05) is 0 Å². The Morgan fingerprint density at radius 1 is 1.16 bits per heavy atom. The summed E-state index contributed by atoms with van der Waals surface area (Å²) in [5.41, 5.74) is 3.27. The Morgan fingerprint density at radius 3 is 2.74 bits per heavy atom. The highest BCUT2D eigenvalue weighted by Crippen LogP contribution is 2.22. The molecule has 10 nitrogen and oxygen atoms in total. The highest BCUT2D eigenvalue weighted by molar-refractivity contribution is 6.06. The van der Waals surface area contributed by atoms with E-state index in [1.165, 1.54) is 12.8 Å². The zero-order chi connectivity index (χ0) is 26.9. The van der Waals surface area contributed by atoms with Crippen molar-refractivity contribution in [2.45, 2.75) is 65.3 Å². The van der Waals surface area contributed by atoms with Crippen molar-refractivity contribution >= 4 is 39.6 Å². The maximum atomic E-state index is 13.0. The van der Waals surface area contributed by atoms with Crippen LogP contribution in [-0.2, 0) is 17.8 Å². The second-order valence-electron chi connectivity index (χ2n) is 10.9. The summed E-state index contributed by atoms with van der Waals surface area (Å²) in [5.74, 6) is 0.747. The zero-order valence-electron chi connectivity index (χ0n) is 22.4. The van der Waals surface area contributed by atoms with E-state index in [0.29, 0.717) is 30.4 Å². The van der Waals surface area contributed by atoms with Crippen LogP contribution in [0.5, 0.6) is 0 Å². The largest absolute Gasteiger partial charge is 0.444 e. The number of ether oxygens (including phenoxy) is 1. The molecule has 2 amide bonds. The first kappa shape index (κ1) is 25.7. The van der Waals surface area contributed by atoms with Crippen LogP contribution in [0.2, 0.25) is 0 Å². The van der Waals surface area contributed by atoms with Crippen molar-refractivity contribution in [1.82, 2.24) is 30.0 Å². The molecule has 0 aliphatic carbocycles. The van der Waals surface area contributed by atoms with Crippen LogP contribution >= 0.6 is 0 Å². The normalized spacial score (nSPS) is 16.3. The van der Waals surface area contributed by atoms with Crippen LogP contribution in [0.4, 0.5) is 10.5 Å². The van der Waals surface area contributed by atoms with E-state index in [2.05, 4.69) is 32.5 Å². The number of nitrogens with one attached hydrogen (secondary N) is 3. The molecule has 0 radical (unpaired) electrons. The van der Waals surface area contributed by atoms with E-state index < -0.39 is 11.7 Å². The van der Waals surface area contributed by atoms with Crippen molar-refractivity contribution in [2.75, 3.05) is 18.4 Å². The summed E-state index contributed by atoms with van der Waals surface area (Å²) < 4.78 is 7.00. The first-order valence-electron chi connectivity index (χ1n) is 13.1. The van der Waals surface area contributed by atoms with Gasteiger partial charge in [0.05, 0.1) is 29.6 Å². The lowest BCUT2D eigenvalue weighted by atomic mass is 10.1. The molecule has 5 rings (SSSR count). The molecule has 200 valence electrons. The van der Waals surface area contributed by atoms with E-state index >= 15 is 0 Å². The number of aromatic amines is 1. The summed E-state index contributed by atoms with van der Waals surface area (Å²) in [5, 5.41) is 11.1. The third kappa shape index (κ3) is 6.13. The first-order valence-corrected chi connectivity index (χ1v) is 13.1. The van der Waals surface area contributed by atoms with Gasteiger partial charge in [-0.15, -0.1) is 0 Å². The molecule has 1 aliphatic rings. The lowest BCUT2D eigenvalue weighted by molar-refractivity contribution is 0.0525. The number of hydrogen-bond donors (Lipinski definition) is 3. The van der Waals surface area contributed by atoms with E-state index in [-0.39, 0.29) is 5.91 Å². The van der Waals surface area contributed by atoms with E-state index in [1.54, 1.807) is 10.7 Å². The van der Waals surface area contributed by atoms with E-state index in [4.69, 9.17) is 9.72 Å². The van der Waals surface area contributed by atoms with Crippen molar-refractivity contribution in [2.24, 2.45) is 0 Å². The van der Waals surface area contributed by atoms with Crippen molar-refractivity contribution in [3.63, 3.8) is 0 Å². The number of rotatable bonds is 7. The fraction of sp³-hybridized carbons (Fsp3) is 0.429. The Hall–Kier alpha value is -3.92. The number of nitrogens with zero attached hydrogens (tertiary/aromatic N) is 4. The van der Waals surface area contributed by atoms with Gasteiger partial charge >= 0.3 is 6.09 Å². The molecule has 3 heterocycles. The molecule has 1 atom stereocenters. The molecule has 3 N–H and O–H groups in total. The van der Waals surface area contributed by atoms with Gasteiger partial charge in [0, 0.05) is 35.4 Å². The van der Waals surface area contributed by atoms with Gasteiger partial charge in [-0.3, -0.25) is 14.4 Å². The molecule has 0 bridgehead atoms. The standard InChI is InChI=1S/C28H35N7O3/c1-18-6-5-12-34(18)17-25-31-23-10-8-21(15-24(23)32-25)30-26(36)19-7-9-22-20(14-19)16-35(33-22)13-11-29-27(37)38-28(2,3)4/h7-10,14-16,18H,5-6,11-13,17H2,1-4H3,(H,29,37)(H,30,36)(H,31,32)/t18-/m0/s1. The van der Waals surface area contributed by atoms with Crippen LogP contribution in [0.3, 0.4) is 0 Å². The number of carbonyl (C=O) groups is 2. The van der Waals surface area contributed by atoms with Gasteiger partial charge in [-0.25, -0.2) is 9.78 Å². The molecule has 1 fully saturated rings. The number of hydrogen-bond acceptors (Lipinski definition) is 6. The lowest BCUT2D eigenvalue weighted by Crippen LogP contribution is -2.34. The summed E-state index contributed by atoms with van der Waals surface area (Å²) in [6.07, 6.45) is 3.87. The number of alkyl carbamates (subject to hydrolysis) is 1. The lowest BCUT2D eigenvalue weighted by Gasteiger charge is -2.19. The Labute approximate surface area is 221 Å². The summed E-state index contributed by atoms with van der Waals surface area (Å²) >= 11 is 0. The molecule has 4 aromatic rings. The van der Waals surface area contributed by atoms with E-state index in [9.17, 15) is 9.59 Å². The highest BCUT2D eigenvalue weighted by Gasteiger charge is 2.21. The van der Waals surface area contributed by atoms with Crippen LogP contribution < -0.4 is 10.6 Å². The molecule has 10 heteroatoms. The molecule has 1 aliphatic heterocycles. The molecule has 38 heavy (non-hydrogen) atoms. The number of H-pyrrole nitrogens is 1. The third-order valence-electron chi connectivity index (χ3n) is 6.66. The van der Waals surface area contributed by atoms with Gasteiger partial charge in [0.15, 0.2) is 0 Å². The topological polar surface area (TPSA) is 117 Å². The van der Waals surface area contributed by atoms with Crippen LogP contribution in [-0.4, -0.2) is 61.4 Å². The third-order valence-corrected chi connectivity index (χ3v) is 6.66. The van der Waals surface area contributed by atoms with Gasteiger partial charge in [-0.2, -0.15) is 5.10 Å². The number of benzene rings is 2. The fourth-order valence-electron chi connectivity index (χ4n) is 4.76. The maximum absolute atomic E-state index is 13.0.